The van der Waals surface area contributed by atoms with Gasteiger partial charge >= 0.3 is 0 Å². The number of nitrogens with two attached hydrogens (primary N) is 1. The van der Waals surface area contributed by atoms with Gasteiger partial charge in [0.15, 0.2) is 11.5 Å². The molecule has 0 amide bonds. The minimum absolute atomic E-state index is 0.261. The molecule has 0 bridgehead atoms. The van der Waals surface area contributed by atoms with Crippen LogP contribution in [-0.4, -0.2) is 18.2 Å². The maximum Gasteiger partial charge on any atom is 0.161 e. The van der Waals surface area contributed by atoms with Crippen molar-refractivity contribution >= 4 is 0 Å². The topological polar surface area (TPSA) is 57.4 Å². The summed E-state index contributed by atoms with van der Waals surface area (Å²) in [5.41, 5.74) is 10.5. The molecule has 0 spiro atoms. The maximum atomic E-state index is 6.38. The Labute approximate surface area is 124 Å². The van der Waals surface area contributed by atoms with Crippen LogP contribution in [0.1, 0.15) is 34.8 Å². The normalized spacial score (nSPS) is 15.4. The first kappa shape index (κ1) is 13.9. The van der Waals surface area contributed by atoms with E-state index in [1.165, 1.54) is 0 Å². The lowest BCUT2D eigenvalue weighted by atomic mass is 9.99. The fraction of sp³-hybridized carbons (Fsp3) is 0.353. The van der Waals surface area contributed by atoms with Gasteiger partial charge in [-0.15, -0.1) is 0 Å². The number of hydrogen-bond acceptors (Lipinski definition) is 4. The van der Waals surface area contributed by atoms with Crippen LogP contribution in [0.5, 0.6) is 11.5 Å². The first-order chi connectivity index (χ1) is 10.1. The van der Waals surface area contributed by atoms with Crippen molar-refractivity contribution in [2.75, 3.05) is 13.2 Å². The van der Waals surface area contributed by atoms with Gasteiger partial charge < -0.3 is 15.2 Å². The summed E-state index contributed by atoms with van der Waals surface area (Å²) in [6.07, 6.45) is 2.75. The number of nitrogens with zero attached hydrogens (tertiary/aromatic N) is 1. The summed E-state index contributed by atoms with van der Waals surface area (Å²) >= 11 is 0. The summed E-state index contributed by atoms with van der Waals surface area (Å²) < 4.78 is 11.4. The van der Waals surface area contributed by atoms with Crippen molar-refractivity contribution in [3.63, 3.8) is 0 Å². The minimum Gasteiger partial charge on any atom is -0.490 e. The van der Waals surface area contributed by atoms with E-state index < -0.39 is 0 Å². The van der Waals surface area contributed by atoms with Gasteiger partial charge in [0.25, 0.3) is 0 Å². The third kappa shape index (κ3) is 2.85. The van der Waals surface area contributed by atoms with E-state index in [2.05, 4.69) is 11.1 Å². The smallest absolute Gasteiger partial charge is 0.161 e. The second-order valence-electron chi connectivity index (χ2n) is 5.45. The van der Waals surface area contributed by atoms with Crippen molar-refractivity contribution in [3.05, 3.63) is 52.8 Å². The number of ether oxygens (including phenoxy) is 2. The number of benzene rings is 1. The Bertz CT molecular complexity index is 655. The highest BCUT2D eigenvalue weighted by Crippen LogP contribution is 2.33. The van der Waals surface area contributed by atoms with E-state index >= 15 is 0 Å². The molecule has 110 valence electrons. The van der Waals surface area contributed by atoms with Gasteiger partial charge in [-0.05, 0) is 42.7 Å². The lowest BCUT2D eigenvalue weighted by Gasteiger charge is -2.16. The van der Waals surface area contributed by atoms with Crippen LogP contribution in [0.4, 0.5) is 0 Å². The lowest BCUT2D eigenvalue weighted by molar-refractivity contribution is 0.297. The van der Waals surface area contributed by atoms with Crippen LogP contribution in [0.25, 0.3) is 0 Å². The number of fused-ring (bicyclic) bond motifs is 1. The molecule has 2 N–H and O–H groups in total. The molecular formula is C17H20N2O2. The first-order valence-electron chi connectivity index (χ1n) is 7.23. The van der Waals surface area contributed by atoms with E-state index in [4.69, 9.17) is 15.2 Å². The zero-order valence-corrected chi connectivity index (χ0v) is 12.4. The highest BCUT2D eigenvalue weighted by Gasteiger charge is 2.17. The molecule has 2 heterocycles. The predicted molar refractivity (Wildman–Crippen MR) is 81.8 cm³/mol. The van der Waals surface area contributed by atoms with Crippen LogP contribution >= 0.6 is 0 Å². The second-order valence-corrected chi connectivity index (χ2v) is 5.45. The number of hydrogen-bond donors (Lipinski definition) is 1. The summed E-state index contributed by atoms with van der Waals surface area (Å²) in [6.45, 7) is 5.44. The van der Waals surface area contributed by atoms with Gasteiger partial charge in [0, 0.05) is 12.6 Å². The van der Waals surface area contributed by atoms with E-state index in [0.717, 1.165) is 40.3 Å². The van der Waals surface area contributed by atoms with Crippen molar-refractivity contribution in [2.45, 2.75) is 26.3 Å². The molecule has 1 aliphatic rings. The summed E-state index contributed by atoms with van der Waals surface area (Å²) in [5, 5.41) is 0. The zero-order valence-electron chi connectivity index (χ0n) is 12.4. The fourth-order valence-electron chi connectivity index (χ4n) is 2.58. The Hall–Kier alpha value is -2.07. The molecule has 3 rings (SSSR count). The first-order valence-corrected chi connectivity index (χ1v) is 7.23. The Kier molecular flexibility index (Phi) is 3.80. The molecule has 1 aromatic heterocycles. The summed E-state index contributed by atoms with van der Waals surface area (Å²) in [4.78, 5) is 4.49. The molecule has 0 aliphatic carbocycles. The minimum atomic E-state index is -0.261. The van der Waals surface area contributed by atoms with Crippen LogP contribution in [0.2, 0.25) is 0 Å². The van der Waals surface area contributed by atoms with E-state index in [1.54, 1.807) is 0 Å². The van der Waals surface area contributed by atoms with Crippen molar-refractivity contribution in [3.8, 4) is 11.5 Å². The van der Waals surface area contributed by atoms with Crippen molar-refractivity contribution in [2.24, 2.45) is 5.73 Å². The fourth-order valence-corrected chi connectivity index (χ4v) is 2.58. The summed E-state index contributed by atoms with van der Waals surface area (Å²) in [5.74, 6) is 1.56. The van der Waals surface area contributed by atoms with E-state index in [9.17, 15) is 0 Å². The number of aryl methyl sites for hydroxylation is 2. The average Bonchev–Trinajstić information content (AvgIpc) is 2.71. The Morgan fingerprint density at radius 3 is 2.62 bits per heavy atom. The quantitative estimate of drug-likeness (QED) is 0.921. The molecule has 1 aromatic carbocycles. The summed E-state index contributed by atoms with van der Waals surface area (Å²) in [6, 6.07) is 7.72. The predicted octanol–water partition coefficient (Wildman–Crippen LogP) is 2.91. The molecule has 0 saturated carbocycles. The molecule has 0 saturated heterocycles. The highest BCUT2D eigenvalue weighted by atomic mass is 16.5. The molecule has 0 radical (unpaired) electrons. The van der Waals surface area contributed by atoms with Crippen molar-refractivity contribution in [1.82, 2.24) is 4.98 Å². The van der Waals surface area contributed by atoms with Gasteiger partial charge in [0.1, 0.15) is 0 Å². The summed E-state index contributed by atoms with van der Waals surface area (Å²) in [7, 11) is 0. The molecule has 2 aromatic rings. The molecule has 1 atom stereocenters. The molecule has 4 nitrogen and oxygen atoms in total. The Morgan fingerprint density at radius 2 is 1.86 bits per heavy atom. The third-order valence-electron chi connectivity index (χ3n) is 3.68. The molecule has 0 fully saturated rings. The third-order valence-corrected chi connectivity index (χ3v) is 3.68. The van der Waals surface area contributed by atoms with Gasteiger partial charge in [0.2, 0.25) is 0 Å². The molecular weight excluding hydrogens is 264 g/mol. The van der Waals surface area contributed by atoms with Gasteiger partial charge in [0.05, 0.1) is 24.9 Å². The van der Waals surface area contributed by atoms with Gasteiger partial charge in [-0.2, -0.15) is 0 Å². The highest BCUT2D eigenvalue weighted by molar-refractivity contribution is 5.46. The van der Waals surface area contributed by atoms with E-state index in [1.807, 2.05) is 38.2 Å². The number of pyridine rings is 1. The van der Waals surface area contributed by atoms with E-state index in [0.29, 0.717) is 13.2 Å². The lowest BCUT2D eigenvalue weighted by Crippen LogP contribution is -2.15. The second kappa shape index (κ2) is 5.74. The SMILES string of the molecule is Cc1cnc(C(N)c2ccc3c(c2)OCCCO3)c(C)c1. The molecule has 1 unspecified atom stereocenters. The zero-order chi connectivity index (χ0) is 14.8. The van der Waals surface area contributed by atoms with Crippen molar-refractivity contribution in [1.29, 1.82) is 0 Å². The Balaban J connectivity index is 1.94. The largest absolute Gasteiger partial charge is 0.490 e. The van der Waals surface area contributed by atoms with Crippen molar-refractivity contribution < 1.29 is 9.47 Å². The monoisotopic (exact) mass is 284 g/mol. The van der Waals surface area contributed by atoms with Crippen LogP contribution in [-0.2, 0) is 0 Å². The van der Waals surface area contributed by atoms with Crippen LogP contribution in [0.15, 0.2) is 30.5 Å². The number of rotatable bonds is 2. The van der Waals surface area contributed by atoms with Crippen LogP contribution in [0, 0.1) is 13.8 Å². The standard InChI is InChI=1S/C17H20N2O2/c1-11-8-12(2)17(19-10-11)16(18)13-4-5-14-15(9-13)21-7-3-6-20-14/h4-5,8-10,16H,3,6-7,18H2,1-2H3. The number of aromatic nitrogens is 1. The van der Waals surface area contributed by atoms with Crippen LogP contribution < -0.4 is 15.2 Å². The van der Waals surface area contributed by atoms with Gasteiger partial charge in [-0.1, -0.05) is 12.1 Å². The maximum absolute atomic E-state index is 6.38. The average molecular weight is 284 g/mol. The van der Waals surface area contributed by atoms with Gasteiger partial charge in [-0.25, -0.2) is 0 Å². The van der Waals surface area contributed by atoms with Gasteiger partial charge in [-0.3, -0.25) is 4.98 Å². The molecule has 4 heteroatoms. The van der Waals surface area contributed by atoms with Crippen LogP contribution in [0.3, 0.4) is 0 Å². The Morgan fingerprint density at radius 1 is 1.10 bits per heavy atom. The van der Waals surface area contributed by atoms with E-state index in [-0.39, 0.29) is 6.04 Å². The molecule has 1 aliphatic heterocycles. The molecule has 21 heavy (non-hydrogen) atoms.